The molecule has 0 saturated carbocycles. The van der Waals surface area contributed by atoms with E-state index in [4.69, 9.17) is 10.00 Å². The Kier molecular flexibility index (Phi) is 3.42. The van der Waals surface area contributed by atoms with Gasteiger partial charge in [-0.1, -0.05) is 0 Å². The van der Waals surface area contributed by atoms with Gasteiger partial charge in [-0.15, -0.1) is 4.99 Å². The summed E-state index contributed by atoms with van der Waals surface area (Å²) in [4.78, 5) is 29.2. The number of nitrogens with zero attached hydrogens (tertiary/aromatic N) is 4. The number of hydrogen-bond donors (Lipinski definition) is 0. The molecule has 2 rings (SSSR count). The van der Waals surface area contributed by atoms with Gasteiger partial charge in [0.25, 0.3) is 5.84 Å². The first kappa shape index (κ1) is 13.0. The molecule has 98 valence electrons. The van der Waals surface area contributed by atoms with Crippen molar-refractivity contribution in [3.8, 4) is 6.07 Å². The average Bonchev–Trinajstić information content (AvgIpc) is 2.41. The lowest BCUT2D eigenvalue weighted by atomic mass is 9.99. The van der Waals surface area contributed by atoms with E-state index >= 15 is 0 Å². The molecule has 3 amide bonds. The molecule has 7 heteroatoms. The molecule has 0 saturated heterocycles. The molecule has 0 spiro atoms. The number of amidine groups is 1. The van der Waals surface area contributed by atoms with E-state index in [1.807, 2.05) is 13.0 Å². The van der Waals surface area contributed by atoms with E-state index in [1.54, 1.807) is 6.08 Å². The number of amides is 3. The Morgan fingerprint density at radius 1 is 1.58 bits per heavy atom. The fourth-order valence-electron chi connectivity index (χ4n) is 2.04. The van der Waals surface area contributed by atoms with Crippen molar-refractivity contribution in [3.63, 3.8) is 0 Å². The molecule has 0 aromatic rings. The fourth-order valence-corrected chi connectivity index (χ4v) is 2.04. The van der Waals surface area contributed by atoms with Gasteiger partial charge in [-0.05, 0) is 6.92 Å². The third-order valence-corrected chi connectivity index (χ3v) is 2.90. The van der Waals surface area contributed by atoms with Crippen LogP contribution in [0, 0.1) is 17.2 Å². The smallest absolute Gasteiger partial charge is 0.446 e. The molecule has 2 aliphatic rings. The highest BCUT2D eigenvalue weighted by Gasteiger charge is 2.49. The van der Waals surface area contributed by atoms with E-state index in [1.165, 1.54) is 17.8 Å². The number of nitriles is 1. The Morgan fingerprint density at radius 3 is 2.95 bits per heavy atom. The number of imide groups is 1. The quantitative estimate of drug-likeness (QED) is 0.534. The molecular weight excluding hydrogens is 248 g/mol. The van der Waals surface area contributed by atoms with Crippen molar-refractivity contribution in [1.82, 2.24) is 4.90 Å². The largest absolute Gasteiger partial charge is 0.497 e. The number of rotatable bonds is 3. The first-order chi connectivity index (χ1) is 9.11. The van der Waals surface area contributed by atoms with Crippen molar-refractivity contribution in [1.29, 1.82) is 5.26 Å². The summed E-state index contributed by atoms with van der Waals surface area (Å²) in [6, 6.07) is 1.26. The van der Waals surface area contributed by atoms with Crippen LogP contribution < -0.4 is 0 Å². The summed E-state index contributed by atoms with van der Waals surface area (Å²) in [6.07, 6.45) is 3.09. The number of fused-ring (bicyclic) bond motifs is 1. The summed E-state index contributed by atoms with van der Waals surface area (Å²) in [7, 11) is 1.52. The summed E-state index contributed by atoms with van der Waals surface area (Å²) >= 11 is 0. The number of ether oxygens (including phenoxy) is 1. The number of carbonyl (C=O) groups excluding carboxylic acids is 2. The van der Waals surface area contributed by atoms with Crippen LogP contribution in [0.15, 0.2) is 16.8 Å². The third-order valence-electron chi connectivity index (χ3n) is 2.90. The summed E-state index contributed by atoms with van der Waals surface area (Å²) in [6.45, 7) is 1.93. The Bertz CT molecular complexity index is 568. The van der Waals surface area contributed by atoms with Gasteiger partial charge in [0.1, 0.15) is 18.0 Å². The lowest BCUT2D eigenvalue weighted by molar-refractivity contribution is -0.408. The Balaban J connectivity index is 2.48. The van der Waals surface area contributed by atoms with Gasteiger partial charge in [-0.25, -0.2) is 4.79 Å². The van der Waals surface area contributed by atoms with Crippen molar-refractivity contribution in [2.75, 3.05) is 20.2 Å². The van der Waals surface area contributed by atoms with Gasteiger partial charge in [0.2, 0.25) is 0 Å². The van der Waals surface area contributed by atoms with Gasteiger partial charge < -0.3 is 4.74 Å². The topological polar surface area (TPSA) is 85.8 Å². The van der Waals surface area contributed by atoms with Crippen molar-refractivity contribution >= 4 is 24.0 Å². The molecule has 2 heterocycles. The molecular formula is C12H13N4O3+. The van der Waals surface area contributed by atoms with Crippen molar-refractivity contribution in [2.45, 2.75) is 6.92 Å². The molecule has 0 radical (unpaired) electrons. The number of urea groups is 1. The standard InChI is InChI=1S/C12H13N4O3/c1-3-19-8-4-6-14-10-9(8)11(17)16(7-5-13)12(18)15(10)2/h4,6,9H,3,7H2,1-2H3/q+1. The second-order valence-electron chi connectivity index (χ2n) is 4.00. The molecule has 0 N–H and O–H groups in total. The predicted molar refractivity (Wildman–Crippen MR) is 65.6 cm³/mol. The van der Waals surface area contributed by atoms with Crippen LogP contribution in [0.5, 0.6) is 0 Å². The number of dihydropyridines is 1. The van der Waals surface area contributed by atoms with Crippen LogP contribution in [-0.2, 0) is 9.53 Å². The molecule has 7 nitrogen and oxygen atoms in total. The van der Waals surface area contributed by atoms with E-state index in [-0.39, 0.29) is 6.54 Å². The number of allylic oxidation sites excluding steroid dienone is 1. The van der Waals surface area contributed by atoms with E-state index in [0.717, 1.165) is 4.90 Å². The molecule has 2 aliphatic heterocycles. The maximum atomic E-state index is 12.3. The van der Waals surface area contributed by atoms with E-state index in [2.05, 4.69) is 4.99 Å². The second-order valence-corrected chi connectivity index (χ2v) is 4.00. The zero-order valence-electron chi connectivity index (χ0n) is 10.7. The number of aliphatic imine (C=N–C) groups is 1. The highest BCUT2D eigenvalue weighted by molar-refractivity contribution is 6.15. The van der Waals surface area contributed by atoms with Crippen molar-refractivity contribution in [3.05, 3.63) is 11.8 Å². The fraction of sp³-hybridized carbons (Fsp3) is 0.417. The first-order valence-electron chi connectivity index (χ1n) is 5.81. The van der Waals surface area contributed by atoms with Gasteiger partial charge in [0.15, 0.2) is 12.5 Å². The molecule has 0 fully saturated rings. The zero-order chi connectivity index (χ0) is 14.0. The van der Waals surface area contributed by atoms with E-state index < -0.39 is 17.9 Å². The minimum absolute atomic E-state index is 0.283. The summed E-state index contributed by atoms with van der Waals surface area (Å²) in [5.41, 5.74) is 0. The highest BCUT2D eigenvalue weighted by Crippen LogP contribution is 2.24. The van der Waals surface area contributed by atoms with Gasteiger partial charge >= 0.3 is 11.9 Å². The lowest BCUT2D eigenvalue weighted by Crippen LogP contribution is -2.54. The molecule has 0 aliphatic carbocycles. The summed E-state index contributed by atoms with van der Waals surface area (Å²) in [5, 5.41) is 8.71. The van der Waals surface area contributed by atoms with Crippen LogP contribution >= 0.6 is 0 Å². The second kappa shape index (κ2) is 5.02. The van der Waals surface area contributed by atoms with Gasteiger partial charge in [0, 0.05) is 6.08 Å². The van der Waals surface area contributed by atoms with Gasteiger partial charge in [0.05, 0.1) is 13.7 Å². The SMILES string of the molecule is CCOC1=CC=NC2=[N+](C)C(=O)N(CC#N)C(=O)C12. The number of carbonyl (C=O) groups is 2. The Morgan fingerprint density at radius 2 is 2.32 bits per heavy atom. The van der Waals surface area contributed by atoms with Gasteiger partial charge in [-0.2, -0.15) is 14.7 Å². The normalized spacial score (nSPS) is 22.1. The minimum Gasteiger partial charge on any atom is -0.497 e. The Labute approximate surface area is 110 Å². The molecule has 1 atom stereocenters. The molecule has 19 heavy (non-hydrogen) atoms. The monoisotopic (exact) mass is 261 g/mol. The maximum absolute atomic E-state index is 12.3. The predicted octanol–water partition coefficient (Wildman–Crippen LogP) is 0.134. The lowest BCUT2D eigenvalue weighted by Gasteiger charge is -2.26. The van der Waals surface area contributed by atoms with E-state index in [0.29, 0.717) is 18.2 Å². The van der Waals surface area contributed by atoms with Crippen LogP contribution in [0.3, 0.4) is 0 Å². The first-order valence-corrected chi connectivity index (χ1v) is 5.81. The average molecular weight is 261 g/mol. The van der Waals surface area contributed by atoms with Crippen molar-refractivity contribution < 1.29 is 18.9 Å². The molecule has 0 aromatic carbocycles. The third kappa shape index (κ3) is 2.01. The van der Waals surface area contributed by atoms with Crippen LogP contribution in [-0.4, -0.2) is 53.7 Å². The Hall–Kier alpha value is -2.49. The number of hydrogen-bond acceptors (Lipinski definition) is 5. The summed E-state index contributed by atoms with van der Waals surface area (Å²) < 4.78 is 6.68. The van der Waals surface area contributed by atoms with Crippen LogP contribution in [0.25, 0.3) is 0 Å². The van der Waals surface area contributed by atoms with E-state index in [9.17, 15) is 9.59 Å². The van der Waals surface area contributed by atoms with Crippen molar-refractivity contribution in [2.24, 2.45) is 10.9 Å². The van der Waals surface area contributed by atoms with Gasteiger partial charge in [-0.3, -0.25) is 4.79 Å². The van der Waals surface area contributed by atoms with Crippen LogP contribution in [0.4, 0.5) is 4.79 Å². The highest BCUT2D eigenvalue weighted by atomic mass is 16.5. The molecule has 0 aromatic heterocycles. The summed E-state index contributed by atoms with van der Waals surface area (Å²) in [5.74, 6) is -0.452. The van der Waals surface area contributed by atoms with Crippen LogP contribution in [0.1, 0.15) is 6.92 Å². The zero-order valence-corrected chi connectivity index (χ0v) is 10.7. The maximum Gasteiger partial charge on any atom is 0.446 e. The minimum atomic E-state index is -0.749. The molecule has 0 bridgehead atoms. The molecule has 1 unspecified atom stereocenters. The van der Waals surface area contributed by atoms with Crippen LogP contribution in [0.2, 0.25) is 0 Å².